The third-order valence-electron chi connectivity index (χ3n) is 5.65. The number of carbonyl (C=O) groups excluding carboxylic acids is 1. The summed E-state index contributed by atoms with van der Waals surface area (Å²) in [7, 11) is 0. The van der Waals surface area contributed by atoms with E-state index in [1.54, 1.807) is 6.20 Å². The Labute approximate surface area is 166 Å². The lowest BCUT2D eigenvalue weighted by Gasteiger charge is -2.15. The second kappa shape index (κ2) is 8.55. The molecule has 1 aliphatic rings. The number of nitrogens with zero attached hydrogens (tertiary/aromatic N) is 3. The van der Waals surface area contributed by atoms with Crippen molar-refractivity contribution < 1.29 is 4.79 Å². The SMILES string of the molecule is CC(CCc1ccccc1)NC(=O)c1cnn2c3c(cnc12)CCCCCC3. The van der Waals surface area contributed by atoms with E-state index in [2.05, 4.69) is 34.5 Å². The van der Waals surface area contributed by atoms with Crippen molar-refractivity contribution in [3.8, 4) is 0 Å². The van der Waals surface area contributed by atoms with Crippen LogP contribution in [0.5, 0.6) is 0 Å². The highest BCUT2D eigenvalue weighted by Crippen LogP contribution is 2.21. The molecule has 0 aliphatic heterocycles. The van der Waals surface area contributed by atoms with Gasteiger partial charge in [-0.05, 0) is 56.6 Å². The summed E-state index contributed by atoms with van der Waals surface area (Å²) in [5.41, 5.74) is 5.03. The largest absolute Gasteiger partial charge is 0.349 e. The maximum atomic E-state index is 12.8. The molecule has 1 N–H and O–H groups in total. The molecule has 0 saturated heterocycles. The quantitative estimate of drug-likeness (QED) is 0.728. The maximum absolute atomic E-state index is 12.8. The maximum Gasteiger partial charge on any atom is 0.256 e. The normalized spacial score (nSPS) is 15.5. The Bertz CT molecular complexity index is 948. The fourth-order valence-electron chi connectivity index (χ4n) is 4.01. The summed E-state index contributed by atoms with van der Waals surface area (Å²) in [6.45, 7) is 2.05. The minimum atomic E-state index is -0.0890. The van der Waals surface area contributed by atoms with Gasteiger partial charge in [-0.15, -0.1) is 0 Å². The van der Waals surface area contributed by atoms with E-state index in [9.17, 15) is 4.79 Å². The second-order valence-corrected chi connectivity index (χ2v) is 7.84. The fourth-order valence-corrected chi connectivity index (χ4v) is 4.01. The molecule has 1 aliphatic carbocycles. The van der Waals surface area contributed by atoms with Gasteiger partial charge in [0.1, 0.15) is 5.56 Å². The highest BCUT2D eigenvalue weighted by atomic mass is 16.1. The van der Waals surface area contributed by atoms with Crippen LogP contribution in [0.2, 0.25) is 0 Å². The van der Waals surface area contributed by atoms with E-state index < -0.39 is 0 Å². The lowest BCUT2D eigenvalue weighted by Crippen LogP contribution is -2.33. The Morgan fingerprint density at radius 3 is 2.71 bits per heavy atom. The van der Waals surface area contributed by atoms with Gasteiger partial charge in [-0.3, -0.25) is 4.79 Å². The predicted molar refractivity (Wildman–Crippen MR) is 111 cm³/mol. The van der Waals surface area contributed by atoms with Crippen molar-refractivity contribution in [2.75, 3.05) is 0 Å². The molecule has 5 heteroatoms. The number of nitrogens with one attached hydrogen (secondary N) is 1. The average molecular weight is 377 g/mol. The van der Waals surface area contributed by atoms with Crippen molar-refractivity contribution >= 4 is 11.6 Å². The minimum Gasteiger partial charge on any atom is -0.349 e. The average Bonchev–Trinajstić information content (AvgIpc) is 3.12. The molecule has 1 amide bonds. The van der Waals surface area contributed by atoms with Gasteiger partial charge in [0, 0.05) is 17.9 Å². The summed E-state index contributed by atoms with van der Waals surface area (Å²) in [6.07, 6.45) is 12.4. The molecule has 146 valence electrons. The minimum absolute atomic E-state index is 0.0890. The van der Waals surface area contributed by atoms with Gasteiger partial charge in [0.05, 0.1) is 6.20 Å². The first-order valence-electron chi connectivity index (χ1n) is 10.4. The third kappa shape index (κ3) is 4.08. The number of benzene rings is 1. The van der Waals surface area contributed by atoms with Gasteiger partial charge in [-0.25, -0.2) is 9.50 Å². The van der Waals surface area contributed by atoms with E-state index >= 15 is 0 Å². The van der Waals surface area contributed by atoms with Crippen molar-refractivity contribution in [1.29, 1.82) is 0 Å². The third-order valence-corrected chi connectivity index (χ3v) is 5.65. The van der Waals surface area contributed by atoms with E-state index in [1.165, 1.54) is 42.5 Å². The molecule has 1 atom stereocenters. The number of hydrogen-bond acceptors (Lipinski definition) is 3. The number of aryl methyl sites for hydroxylation is 3. The van der Waals surface area contributed by atoms with Gasteiger partial charge in [0.15, 0.2) is 5.65 Å². The van der Waals surface area contributed by atoms with Crippen LogP contribution in [0.3, 0.4) is 0 Å². The Morgan fingerprint density at radius 1 is 1.11 bits per heavy atom. The molecule has 5 nitrogen and oxygen atoms in total. The standard InChI is InChI=1S/C23H28N4O/c1-17(13-14-18-9-5-4-6-10-18)26-23(28)20-16-25-27-21-12-8-3-2-7-11-19(21)15-24-22(20)27/h4-6,9-10,15-17H,2-3,7-8,11-14H2,1H3,(H,26,28). The molecule has 0 radical (unpaired) electrons. The first kappa shape index (κ1) is 18.7. The van der Waals surface area contributed by atoms with Gasteiger partial charge >= 0.3 is 0 Å². The molecule has 1 aromatic carbocycles. The molecule has 0 spiro atoms. The van der Waals surface area contributed by atoms with E-state index in [-0.39, 0.29) is 11.9 Å². The number of amides is 1. The zero-order valence-corrected chi connectivity index (χ0v) is 16.5. The molecule has 0 fully saturated rings. The Hall–Kier alpha value is -2.69. The molecule has 1 unspecified atom stereocenters. The molecular formula is C23H28N4O. The molecule has 0 bridgehead atoms. The highest BCUT2D eigenvalue weighted by Gasteiger charge is 2.19. The Morgan fingerprint density at radius 2 is 1.89 bits per heavy atom. The number of carbonyl (C=O) groups is 1. The number of hydrogen-bond donors (Lipinski definition) is 1. The molecule has 0 saturated carbocycles. The lowest BCUT2D eigenvalue weighted by atomic mass is 9.98. The van der Waals surface area contributed by atoms with Crippen molar-refractivity contribution in [2.45, 2.75) is 64.3 Å². The van der Waals surface area contributed by atoms with E-state index in [0.717, 1.165) is 25.7 Å². The van der Waals surface area contributed by atoms with Crippen LogP contribution in [-0.2, 0) is 19.3 Å². The van der Waals surface area contributed by atoms with E-state index in [1.807, 2.05) is 28.9 Å². The van der Waals surface area contributed by atoms with Gasteiger partial charge in [0.2, 0.25) is 0 Å². The highest BCUT2D eigenvalue weighted by molar-refractivity contribution is 5.99. The number of fused-ring (bicyclic) bond motifs is 3. The molecule has 2 aromatic heterocycles. The summed E-state index contributed by atoms with van der Waals surface area (Å²) in [5, 5.41) is 7.63. The Balaban J connectivity index is 1.47. The first-order valence-corrected chi connectivity index (χ1v) is 10.4. The van der Waals surface area contributed by atoms with Gasteiger partial charge in [-0.1, -0.05) is 43.2 Å². The summed E-state index contributed by atoms with van der Waals surface area (Å²) in [6, 6.07) is 10.5. The fraction of sp³-hybridized carbons (Fsp3) is 0.435. The summed E-state index contributed by atoms with van der Waals surface area (Å²) < 4.78 is 1.89. The van der Waals surface area contributed by atoms with Crippen LogP contribution in [-0.4, -0.2) is 26.5 Å². The van der Waals surface area contributed by atoms with Crippen molar-refractivity contribution in [1.82, 2.24) is 19.9 Å². The first-order chi connectivity index (χ1) is 13.7. The van der Waals surface area contributed by atoms with E-state index in [4.69, 9.17) is 0 Å². The molecule has 3 aromatic rings. The van der Waals surface area contributed by atoms with Gasteiger partial charge < -0.3 is 5.32 Å². The van der Waals surface area contributed by atoms with Crippen LogP contribution in [0.1, 0.15) is 66.2 Å². The monoisotopic (exact) mass is 376 g/mol. The lowest BCUT2D eigenvalue weighted by molar-refractivity contribution is 0.0940. The molecular weight excluding hydrogens is 348 g/mol. The summed E-state index contributed by atoms with van der Waals surface area (Å²) in [4.78, 5) is 17.4. The topological polar surface area (TPSA) is 59.3 Å². The zero-order valence-electron chi connectivity index (χ0n) is 16.5. The van der Waals surface area contributed by atoms with Crippen molar-refractivity contribution in [3.05, 3.63) is 65.1 Å². The Kier molecular flexibility index (Phi) is 5.70. The predicted octanol–water partition coefficient (Wildman–Crippen LogP) is 4.14. The molecule has 4 rings (SSSR count). The van der Waals surface area contributed by atoms with Crippen LogP contribution < -0.4 is 5.32 Å². The molecule has 2 heterocycles. The van der Waals surface area contributed by atoms with Crippen LogP contribution >= 0.6 is 0 Å². The van der Waals surface area contributed by atoms with Crippen molar-refractivity contribution in [2.24, 2.45) is 0 Å². The number of aromatic nitrogens is 3. The van der Waals surface area contributed by atoms with Gasteiger partial charge in [0.25, 0.3) is 5.91 Å². The smallest absolute Gasteiger partial charge is 0.256 e. The summed E-state index contributed by atoms with van der Waals surface area (Å²) >= 11 is 0. The van der Waals surface area contributed by atoms with Gasteiger partial charge in [-0.2, -0.15) is 5.10 Å². The second-order valence-electron chi connectivity index (χ2n) is 7.84. The van der Waals surface area contributed by atoms with Crippen LogP contribution in [0.15, 0.2) is 42.7 Å². The number of rotatable bonds is 5. The van der Waals surface area contributed by atoms with Crippen LogP contribution in [0.25, 0.3) is 5.65 Å². The summed E-state index contributed by atoms with van der Waals surface area (Å²) in [5.74, 6) is -0.0890. The molecule has 28 heavy (non-hydrogen) atoms. The van der Waals surface area contributed by atoms with E-state index in [0.29, 0.717) is 11.2 Å². The van der Waals surface area contributed by atoms with Crippen LogP contribution in [0, 0.1) is 0 Å². The van der Waals surface area contributed by atoms with Crippen LogP contribution in [0.4, 0.5) is 0 Å². The zero-order chi connectivity index (χ0) is 19.3. The van der Waals surface area contributed by atoms with Crippen molar-refractivity contribution in [3.63, 3.8) is 0 Å².